The lowest BCUT2D eigenvalue weighted by Gasteiger charge is -2.20. The largest absolute Gasteiger partial charge is 0.418 e. The first-order valence-corrected chi connectivity index (χ1v) is 12.8. The van der Waals surface area contributed by atoms with E-state index < -0.39 is 0 Å². The van der Waals surface area contributed by atoms with E-state index in [-0.39, 0.29) is 11.7 Å². The maximum Gasteiger partial charge on any atom is 0.257 e. The molecule has 172 valence electrons. The van der Waals surface area contributed by atoms with Crippen molar-refractivity contribution in [2.24, 2.45) is 0 Å². The van der Waals surface area contributed by atoms with Gasteiger partial charge in [0.2, 0.25) is 11.8 Å². The third-order valence-electron chi connectivity index (χ3n) is 5.14. The lowest BCUT2D eigenvalue weighted by molar-refractivity contribution is -0.129. The van der Waals surface area contributed by atoms with Crippen LogP contribution in [0.5, 0.6) is 0 Å². The van der Waals surface area contributed by atoms with Crippen LogP contribution in [0.25, 0.3) is 16.5 Å². The zero-order chi connectivity index (χ0) is 23.2. The van der Waals surface area contributed by atoms with Crippen LogP contribution in [-0.2, 0) is 11.3 Å². The second kappa shape index (κ2) is 10.8. The molecule has 3 heterocycles. The normalized spacial score (nSPS) is 11.3. The van der Waals surface area contributed by atoms with Crippen molar-refractivity contribution in [2.45, 2.75) is 44.8 Å². The Hall–Kier alpha value is -2.91. The number of amides is 1. The predicted molar refractivity (Wildman–Crippen MR) is 132 cm³/mol. The third kappa shape index (κ3) is 5.72. The molecule has 0 aliphatic heterocycles. The Morgan fingerprint density at radius 1 is 1.21 bits per heavy atom. The summed E-state index contributed by atoms with van der Waals surface area (Å²) in [6.07, 6.45) is 4.53. The summed E-state index contributed by atoms with van der Waals surface area (Å²) in [7, 11) is 0. The van der Waals surface area contributed by atoms with E-state index in [0.29, 0.717) is 30.8 Å². The Morgan fingerprint density at radius 3 is 2.73 bits per heavy atom. The van der Waals surface area contributed by atoms with E-state index in [1.54, 1.807) is 22.4 Å². The number of carbonyl (C=O) groups excluding carboxylic acids is 1. The van der Waals surface area contributed by atoms with Crippen molar-refractivity contribution in [1.82, 2.24) is 24.6 Å². The minimum atomic E-state index is 0.0161. The van der Waals surface area contributed by atoms with Crippen LogP contribution in [0.3, 0.4) is 0 Å². The molecule has 4 aromatic rings. The van der Waals surface area contributed by atoms with Crippen molar-refractivity contribution in [1.29, 1.82) is 0 Å². The number of imidazole rings is 1. The maximum absolute atomic E-state index is 13.0. The van der Waals surface area contributed by atoms with E-state index in [1.165, 1.54) is 17.3 Å². The molecule has 0 saturated heterocycles. The molecule has 0 N–H and O–H groups in total. The highest BCUT2D eigenvalue weighted by atomic mass is 32.2. The SMILES string of the molecule is CCCN(Cc1nnc(-c2cccs2)o1)C(=O)CSc1nccn1-c1ccc(C(C)C)cc1. The molecule has 0 radical (unpaired) electrons. The molecule has 0 aliphatic carbocycles. The molecule has 0 saturated carbocycles. The van der Waals surface area contributed by atoms with Crippen molar-refractivity contribution >= 4 is 29.0 Å². The summed E-state index contributed by atoms with van der Waals surface area (Å²) in [5, 5.41) is 11.0. The predicted octanol–water partition coefficient (Wildman–Crippen LogP) is 5.64. The first kappa shape index (κ1) is 23.3. The van der Waals surface area contributed by atoms with Gasteiger partial charge < -0.3 is 9.32 Å². The quantitative estimate of drug-likeness (QED) is 0.273. The average Bonchev–Trinajstić information content (AvgIpc) is 3.59. The topological polar surface area (TPSA) is 77.1 Å². The molecule has 9 heteroatoms. The number of carbonyl (C=O) groups is 1. The summed E-state index contributed by atoms with van der Waals surface area (Å²) in [6, 6.07) is 12.3. The van der Waals surface area contributed by atoms with Gasteiger partial charge >= 0.3 is 0 Å². The fourth-order valence-corrected chi connectivity index (χ4v) is 4.89. The maximum atomic E-state index is 13.0. The van der Waals surface area contributed by atoms with Crippen molar-refractivity contribution in [3.05, 3.63) is 65.6 Å². The molecule has 3 aromatic heterocycles. The van der Waals surface area contributed by atoms with Crippen LogP contribution in [0.4, 0.5) is 0 Å². The van der Waals surface area contributed by atoms with Crippen molar-refractivity contribution in [3.8, 4) is 16.5 Å². The van der Waals surface area contributed by atoms with Crippen LogP contribution in [-0.4, -0.2) is 42.9 Å². The van der Waals surface area contributed by atoms with Crippen LogP contribution in [0, 0.1) is 0 Å². The van der Waals surface area contributed by atoms with Crippen molar-refractivity contribution in [2.75, 3.05) is 12.3 Å². The van der Waals surface area contributed by atoms with E-state index in [2.05, 4.69) is 53.3 Å². The zero-order valence-electron chi connectivity index (χ0n) is 19.0. The minimum Gasteiger partial charge on any atom is -0.418 e. The number of hydrogen-bond donors (Lipinski definition) is 0. The number of nitrogens with zero attached hydrogens (tertiary/aromatic N) is 5. The first-order valence-electron chi connectivity index (χ1n) is 11.0. The fraction of sp³-hybridized carbons (Fsp3) is 0.333. The molecule has 1 aromatic carbocycles. The Kier molecular flexibility index (Phi) is 7.61. The van der Waals surface area contributed by atoms with Gasteiger partial charge in [0, 0.05) is 24.6 Å². The zero-order valence-corrected chi connectivity index (χ0v) is 20.6. The molecule has 33 heavy (non-hydrogen) atoms. The number of thioether (sulfide) groups is 1. The van der Waals surface area contributed by atoms with E-state index >= 15 is 0 Å². The second-order valence-electron chi connectivity index (χ2n) is 7.91. The fourth-order valence-electron chi connectivity index (χ4n) is 3.37. The van der Waals surface area contributed by atoms with Crippen LogP contribution >= 0.6 is 23.1 Å². The molecule has 0 bridgehead atoms. The van der Waals surface area contributed by atoms with Gasteiger partial charge in [-0.2, -0.15) is 0 Å². The summed E-state index contributed by atoms with van der Waals surface area (Å²) >= 11 is 2.97. The van der Waals surface area contributed by atoms with Gasteiger partial charge in [-0.1, -0.05) is 50.7 Å². The van der Waals surface area contributed by atoms with E-state index in [1.807, 2.05) is 35.2 Å². The number of rotatable bonds is 10. The number of thiophene rings is 1. The molecule has 7 nitrogen and oxygen atoms in total. The average molecular weight is 482 g/mol. The summed E-state index contributed by atoms with van der Waals surface area (Å²) in [6.45, 7) is 7.33. The molecular formula is C24H27N5O2S2. The van der Waals surface area contributed by atoms with Gasteiger partial charge in [0.1, 0.15) is 0 Å². The van der Waals surface area contributed by atoms with Gasteiger partial charge in [-0.15, -0.1) is 21.5 Å². The molecule has 4 rings (SSSR count). The van der Waals surface area contributed by atoms with E-state index in [4.69, 9.17) is 4.42 Å². The summed E-state index contributed by atoms with van der Waals surface area (Å²) in [5.41, 5.74) is 2.32. The summed E-state index contributed by atoms with van der Waals surface area (Å²) in [4.78, 5) is 20.2. The third-order valence-corrected chi connectivity index (χ3v) is 6.95. The summed E-state index contributed by atoms with van der Waals surface area (Å²) < 4.78 is 7.79. The van der Waals surface area contributed by atoms with Crippen molar-refractivity contribution in [3.63, 3.8) is 0 Å². The van der Waals surface area contributed by atoms with Gasteiger partial charge in [-0.05, 0) is 41.5 Å². The monoisotopic (exact) mass is 481 g/mol. The van der Waals surface area contributed by atoms with Crippen molar-refractivity contribution < 1.29 is 9.21 Å². The molecule has 1 amide bonds. The van der Waals surface area contributed by atoms with Crippen LogP contribution in [0.2, 0.25) is 0 Å². The van der Waals surface area contributed by atoms with Gasteiger partial charge in [0.25, 0.3) is 5.89 Å². The summed E-state index contributed by atoms with van der Waals surface area (Å²) in [5.74, 6) is 1.72. The Labute approximate surface area is 201 Å². The van der Waals surface area contributed by atoms with Gasteiger partial charge in [-0.25, -0.2) is 4.98 Å². The molecular weight excluding hydrogens is 454 g/mol. The van der Waals surface area contributed by atoms with Crippen LogP contribution < -0.4 is 0 Å². The van der Waals surface area contributed by atoms with E-state index in [0.717, 1.165) is 22.1 Å². The second-order valence-corrected chi connectivity index (χ2v) is 9.80. The first-order chi connectivity index (χ1) is 16.0. The standard InChI is InChI=1S/C24H27N5O2S2/c1-4-12-28(15-21-26-27-23(31-21)20-6-5-14-32-20)22(30)16-33-24-25-11-13-29(24)19-9-7-18(8-10-19)17(2)3/h5-11,13-14,17H,4,12,15-16H2,1-3H3. The Morgan fingerprint density at radius 2 is 2.03 bits per heavy atom. The molecule has 0 fully saturated rings. The molecule has 0 unspecified atom stereocenters. The lowest BCUT2D eigenvalue weighted by atomic mass is 10.0. The lowest BCUT2D eigenvalue weighted by Crippen LogP contribution is -2.32. The highest BCUT2D eigenvalue weighted by Crippen LogP contribution is 2.25. The number of hydrogen-bond acceptors (Lipinski definition) is 7. The molecule has 0 spiro atoms. The Balaban J connectivity index is 1.40. The highest BCUT2D eigenvalue weighted by Gasteiger charge is 2.19. The van der Waals surface area contributed by atoms with Crippen LogP contribution in [0.1, 0.15) is 44.6 Å². The van der Waals surface area contributed by atoms with Crippen LogP contribution in [0.15, 0.2) is 63.7 Å². The van der Waals surface area contributed by atoms with Gasteiger partial charge in [-0.3, -0.25) is 9.36 Å². The molecule has 0 aliphatic rings. The Bertz CT molecular complexity index is 1170. The smallest absolute Gasteiger partial charge is 0.257 e. The highest BCUT2D eigenvalue weighted by molar-refractivity contribution is 7.99. The number of benzene rings is 1. The van der Waals surface area contributed by atoms with Gasteiger partial charge in [0.15, 0.2) is 5.16 Å². The minimum absolute atomic E-state index is 0.0161. The van der Waals surface area contributed by atoms with Gasteiger partial charge in [0.05, 0.1) is 17.2 Å². The van der Waals surface area contributed by atoms with E-state index in [9.17, 15) is 4.79 Å². The number of aromatic nitrogens is 4. The molecule has 0 atom stereocenters.